The van der Waals surface area contributed by atoms with Crippen molar-refractivity contribution in [2.24, 2.45) is 0 Å². The van der Waals surface area contributed by atoms with Crippen LogP contribution >= 0.6 is 11.6 Å². The maximum absolute atomic E-state index is 13.1. The van der Waals surface area contributed by atoms with Crippen molar-refractivity contribution in [2.75, 3.05) is 32.8 Å². The zero-order chi connectivity index (χ0) is 28.4. The Bertz CT molecular complexity index is 1590. The van der Waals surface area contributed by atoms with Crippen LogP contribution in [0.4, 0.5) is 0 Å². The zero-order valence-electron chi connectivity index (χ0n) is 22.8. The summed E-state index contributed by atoms with van der Waals surface area (Å²) in [5.41, 5.74) is 2.97. The number of carbonyl (C=O) groups is 2. The number of aliphatic hydroxyl groups excluding tert-OH is 1. The molecule has 0 fully saturated rings. The van der Waals surface area contributed by atoms with Crippen molar-refractivity contribution >= 4 is 45.2 Å². The number of amides is 2. The first-order chi connectivity index (χ1) is 19.4. The van der Waals surface area contributed by atoms with Gasteiger partial charge in [0.1, 0.15) is 0 Å². The molecule has 1 aromatic heterocycles. The van der Waals surface area contributed by atoms with Crippen LogP contribution in [0.2, 0.25) is 5.02 Å². The Morgan fingerprint density at radius 2 is 1.68 bits per heavy atom. The van der Waals surface area contributed by atoms with E-state index < -0.39 is 11.8 Å². The van der Waals surface area contributed by atoms with Crippen LogP contribution in [0.1, 0.15) is 53.8 Å². The number of hydrogen-bond acceptors (Lipinski definition) is 6. The molecule has 1 aliphatic heterocycles. The Balaban J connectivity index is 1.62. The number of nitrogens with zero attached hydrogens (tertiary/aromatic N) is 2. The lowest BCUT2D eigenvalue weighted by Gasteiger charge is -2.20. The van der Waals surface area contributed by atoms with Gasteiger partial charge in [-0.1, -0.05) is 43.6 Å². The van der Waals surface area contributed by atoms with Gasteiger partial charge in [-0.2, -0.15) is 0 Å². The molecule has 2 amide bonds. The number of phenolic OH excluding ortho intramolecular Hbond substituents is 1. The third kappa shape index (κ3) is 5.03. The fraction of sp³-hybridized carbons (Fsp3) is 0.355. The molecule has 0 saturated heterocycles. The first-order valence-corrected chi connectivity index (χ1v) is 14.2. The molecule has 0 saturated carbocycles. The van der Waals surface area contributed by atoms with E-state index in [4.69, 9.17) is 16.3 Å². The minimum absolute atomic E-state index is 0.0526. The highest BCUT2D eigenvalue weighted by Crippen LogP contribution is 2.44. The van der Waals surface area contributed by atoms with Crippen molar-refractivity contribution in [1.82, 2.24) is 14.8 Å². The highest BCUT2D eigenvalue weighted by molar-refractivity contribution is 6.36. The van der Waals surface area contributed by atoms with Crippen LogP contribution in [-0.2, 0) is 6.54 Å². The van der Waals surface area contributed by atoms with Crippen LogP contribution < -0.4 is 10.1 Å². The molecule has 0 spiro atoms. The molecule has 0 aliphatic carbocycles. The Kier molecular flexibility index (Phi) is 8.30. The van der Waals surface area contributed by atoms with E-state index in [0.29, 0.717) is 50.3 Å². The number of aromatic nitrogens is 1. The summed E-state index contributed by atoms with van der Waals surface area (Å²) in [6, 6.07) is 12.3. The van der Waals surface area contributed by atoms with Gasteiger partial charge in [0.25, 0.3) is 11.8 Å². The number of fused-ring (bicyclic) bond motifs is 5. The number of ether oxygens (including phenoxy) is 1. The Hall–Kier alpha value is -3.59. The van der Waals surface area contributed by atoms with Crippen LogP contribution in [-0.4, -0.2) is 64.3 Å². The molecule has 3 N–H and O–H groups in total. The number of rotatable bonds is 12. The monoisotopic (exact) mass is 563 g/mol. The number of aromatic hydroxyl groups is 1. The van der Waals surface area contributed by atoms with Crippen molar-refractivity contribution in [1.29, 1.82) is 0 Å². The number of nitrogens with one attached hydrogen (secondary N) is 1. The maximum Gasteiger partial charge on any atom is 0.259 e. The van der Waals surface area contributed by atoms with Gasteiger partial charge >= 0.3 is 0 Å². The Morgan fingerprint density at radius 3 is 2.38 bits per heavy atom. The first-order valence-electron chi connectivity index (χ1n) is 13.8. The molecule has 0 radical (unpaired) electrons. The number of carbonyl (C=O) groups excluding carboxylic acids is 2. The van der Waals surface area contributed by atoms with Crippen molar-refractivity contribution in [2.45, 2.75) is 39.7 Å². The summed E-state index contributed by atoms with van der Waals surface area (Å²) in [5.74, 6) is -0.728. The van der Waals surface area contributed by atoms with Crippen molar-refractivity contribution < 1.29 is 24.5 Å². The molecule has 1 aliphatic rings. The first kappa shape index (κ1) is 28.0. The summed E-state index contributed by atoms with van der Waals surface area (Å²) in [7, 11) is 0. The largest absolute Gasteiger partial charge is 0.504 e. The van der Waals surface area contributed by atoms with Gasteiger partial charge in [-0.05, 0) is 56.1 Å². The minimum atomic E-state index is -0.509. The summed E-state index contributed by atoms with van der Waals surface area (Å²) in [4.78, 5) is 28.5. The zero-order valence-corrected chi connectivity index (χ0v) is 23.6. The molecular formula is C31H34ClN3O5. The second kappa shape index (κ2) is 11.9. The third-order valence-corrected chi connectivity index (χ3v) is 7.69. The van der Waals surface area contributed by atoms with Crippen molar-refractivity contribution in [3.8, 4) is 22.6 Å². The van der Waals surface area contributed by atoms with Crippen molar-refractivity contribution in [3.05, 3.63) is 58.6 Å². The van der Waals surface area contributed by atoms with E-state index in [1.807, 2.05) is 16.7 Å². The quantitative estimate of drug-likeness (QED) is 0.153. The molecule has 5 rings (SSSR count). The van der Waals surface area contributed by atoms with E-state index in [1.165, 1.54) is 0 Å². The lowest BCUT2D eigenvalue weighted by Crippen LogP contribution is -2.27. The summed E-state index contributed by atoms with van der Waals surface area (Å²) in [5, 5.41) is 24.9. The van der Waals surface area contributed by atoms with Gasteiger partial charge in [0.15, 0.2) is 11.5 Å². The lowest BCUT2D eigenvalue weighted by molar-refractivity contribution is 0.0880. The van der Waals surface area contributed by atoms with Gasteiger partial charge in [0.05, 0.1) is 35.4 Å². The number of aliphatic hydroxyl groups is 1. The summed E-state index contributed by atoms with van der Waals surface area (Å²) < 4.78 is 7.90. The van der Waals surface area contributed by atoms with E-state index in [-0.39, 0.29) is 30.0 Å². The minimum Gasteiger partial charge on any atom is -0.504 e. The standard InChI is InChI=1S/C31H34ClN3O5/c1-3-10-34(11-4-2)12-7-15-40-26-18-23-21(17-25(26)37)27-24(35(23)13-14-36)16-20(19-8-5-6-9-22(19)32)28-29(27)31(39)33-30(28)38/h5-6,8-9,16-18,36-37H,3-4,7,10-15H2,1-2H3,(H,33,38,39). The van der Waals surface area contributed by atoms with Crippen molar-refractivity contribution in [3.63, 3.8) is 0 Å². The molecule has 4 aromatic rings. The average Bonchev–Trinajstić information content (AvgIpc) is 3.39. The van der Waals surface area contributed by atoms with E-state index >= 15 is 0 Å². The molecule has 0 unspecified atom stereocenters. The van der Waals surface area contributed by atoms with E-state index in [9.17, 15) is 19.8 Å². The van der Waals surface area contributed by atoms with Gasteiger partial charge in [-0.25, -0.2) is 0 Å². The van der Waals surface area contributed by atoms with E-state index in [2.05, 4.69) is 24.1 Å². The van der Waals surface area contributed by atoms with Crippen LogP contribution in [0, 0.1) is 0 Å². The topological polar surface area (TPSA) is 104 Å². The predicted molar refractivity (Wildman–Crippen MR) is 158 cm³/mol. The summed E-state index contributed by atoms with van der Waals surface area (Å²) in [6.07, 6.45) is 3.01. The second-order valence-electron chi connectivity index (χ2n) is 10.1. The molecule has 9 heteroatoms. The molecule has 0 bridgehead atoms. The number of hydrogen-bond donors (Lipinski definition) is 3. The lowest BCUT2D eigenvalue weighted by atomic mass is 9.93. The molecule has 40 heavy (non-hydrogen) atoms. The van der Waals surface area contributed by atoms with Crippen LogP contribution in [0.5, 0.6) is 11.5 Å². The van der Waals surface area contributed by atoms with Gasteiger partial charge in [0.2, 0.25) is 0 Å². The fourth-order valence-corrected chi connectivity index (χ4v) is 5.98. The number of benzene rings is 3. The highest BCUT2D eigenvalue weighted by atomic mass is 35.5. The van der Waals surface area contributed by atoms with Gasteiger partial charge < -0.3 is 24.4 Å². The smallest absolute Gasteiger partial charge is 0.259 e. The summed E-state index contributed by atoms with van der Waals surface area (Å²) >= 11 is 6.52. The molecule has 8 nitrogen and oxygen atoms in total. The maximum atomic E-state index is 13.1. The molecular weight excluding hydrogens is 530 g/mol. The summed E-state index contributed by atoms with van der Waals surface area (Å²) in [6.45, 7) is 7.87. The number of halogens is 1. The molecule has 0 atom stereocenters. The fourth-order valence-electron chi connectivity index (χ4n) is 5.74. The van der Waals surface area contributed by atoms with Gasteiger partial charge in [-0.15, -0.1) is 0 Å². The molecule has 3 aromatic carbocycles. The predicted octanol–water partition coefficient (Wildman–Crippen LogP) is 5.59. The number of phenols is 1. The van der Waals surface area contributed by atoms with Gasteiger partial charge in [0, 0.05) is 40.5 Å². The van der Waals surface area contributed by atoms with Crippen LogP contribution in [0.3, 0.4) is 0 Å². The molecule has 210 valence electrons. The highest BCUT2D eigenvalue weighted by Gasteiger charge is 2.35. The van der Waals surface area contributed by atoms with E-state index in [0.717, 1.165) is 38.9 Å². The Morgan fingerprint density at radius 1 is 0.950 bits per heavy atom. The SMILES string of the molecule is CCCN(CCC)CCCOc1cc2c(cc1O)c1c3c(c(-c4ccccc4Cl)cc1n2CCO)C(=O)NC3=O. The van der Waals surface area contributed by atoms with Crippen LogP contribution in [0.15, 0.2) is 42.5 Å². The third-order valence-electron chi connectivity index (χ3n) is 7.36. The van der Waals surface area contributed by atoms with E-state index in [1.54, 1.807) is 30.3 Å². The number of imide groups is 1. The Labute approximate surface area is 238 Å². The van der Waals surface area contributed by atoms with Gasteiger partial charge in [-0.3, -0.25) is 14.9 Å². The molecule has 2 heterocycles. The van der Waals surface area contributed by atoms with Crippen LogP contribution in [0.25, 0.3) is 32.9 Å². The normalized spacial score (nSPS) is 13.0. The average molecular weight is 564 g/mol. The second-order valence-corrected chi connectivity index (χ2v) is 10.5.